The summed E-state index contributed by atoms with van der Waals surface area (Å²) in [5.41, 5.74) is 0.145. The molecule has 2 aromatic rings. The molecule has 1 N–H and O–H groups in total. The minimum atomic E-state index is -4.84. The van der Waals surface area contributed by atoms with E-state index in [1.54, 1.807) is 0 Å². The molecule has 0 amide bonds. The van der Waals surface area contributed by atoms with Crippen molar-refractivity contribution >= 4 is 0 Å². The highest BCUT2D eigenvalue weighted by atomic mass is 19.4. The Balaban J connectivity index is 2.56. The first kappa shape index (κ1) is 14.3. The predicted molar refractivity (Wildman–Crippen MR) is 64.4 cm³/mol. The van der Waals surface area contributed by atoms with E-state index in [0.29, 0.717) is 0 Å². The lowest BCUT2D eigenvalue weighted by molar-refractivity contribution is -0.274. The number of benzene rings is 2. The summed E-state index contributed by atoms with van der Waals surface area (Å²) in [5.74, 6) is -1.13. The lowest BCUT2D eigenvalue weighted by Crippen LogP contribution is -2.17. The molecule has 0 aliphatic carbocycles. The van der Waals surface area contributed by atoms with Gasteiger partial charge in [0, 0.05) is 11.1 Å². The first-order chi connectivity index (χ1) is 9.42. The zero-order chi connectivity index (χ0) is 14.8. The van der Waals surface area contributed by atoms with Crippen LogP contribution < -0.4 is 4.74 Å². The van der Waals surface area contributed by atoms with Gasteiger partial charge in [0.05, 0.1) is 6.61 Å². The number of rotatable bonds is 3. The van der Waals surface area contributed by atoms with Gasteiger partial charge in [0.1, 0.15) is 11.6 Å². The van der Waals surface area contributed by atoms with Crippen molar-refractivity contribution in [2.75, 3.05) is 0 Å². The van der Waals surface area contributed by atoms with E-state index in [-0.39, 0.29) is 16.7 Å². The standard InChI is InChI=1S/C14H10F4O2/c15-12-6-3-5-9(11(12)8-19)10-4-1-2-7-13(10)20-14(16,17)18/h1-7,19H,8H2. The highest BCUT2D eigenvalue weighted by Gasteiger charge is 2.32. The largest absolute Gasteiger partial charge is 0.573 e. The van der Waals surface area contributed by atoms with E-state index in [0.717, 1.165) is 12.1 Å². The molecule has 0 unspecified atom stereocenters. The zero-order valence-corrected chi connectivity index (χ0v) is 10.1. The third kappa shape index (κ3) is 3.08. The zero-order valence-electron chi connectivity index (χ0n) is 10.1. The van der Waals surface area contributed by atoms with Gasteiger partial charge in [-0.05, 0) is 17.7 Å². The quantitative estimate of drug-likeness (QED) is 0.868. The SMILES string of the molecule is OCc1c(F)cccc1-c1ccccc1OC(F)(F)F. The number of ether oxygens (including phenoxy) is 1. The van der Waals surface area contributed by atoms with Gasteiger partial charge in [-0.2, -0.15) is 0 Å². The number of hydrogen-bond acceptors (Lipinski definition) is 2. The molecule has 0 saturated heterocycles. The third-order valence-corrected chi connectivity index (χ3v) is 2.68. The van der Waals surface area contributed by atoms with E-state index in [1.165, 1.54) is 30.3 Å². The maximum Gasteiger partial charge on any atom is 0.573 e. The molecule has 0 fully saturated rings. The molecule has 0 spiro atoms. The van der Waals surface area contributed by atoms with E-state index in [9.17, 15) is 22.7 Å². The molecule has 2 aromatic carbocycles. The molecule has 0 radical (unpaired) electrons. The molecule has 106 valence electrons. The van der Waals surface area contributed by atoms with E-state index < -0.39 is 24.5 Å². The van der Waals surface area contributed by atoms with Gasteiger partial charge < -0.3 is 9.84 Å². The molecule has 2 rings (SSSR count). The Morgan fingerprint density at radius 3 is 2.25 bits per heavy atom. The molecule has 0 bridgehead atoms. The summed E-state index contributed by atoms with van der Waals surface area (Å²) in [4.78, 5) is 0. The lowest BCUT2D eigenvalue weighted by Gasteiger charge is -2.15. The van der Waals surface area contributed by atoms with E-state index >= 15 is 0 Å². The lowest BCUT2D eigenvalue weighted by atomic mass is 9.99. The second-order valence-corrected chi connectivity index (χ2v) is 3.97. The van der Waals surface area contributed by atoms with Crippen molar-refractivity contribution in [3.8, 4) is 16.9 Å². The van der Waals surface area contributed by atoms with E-state index in [1.807, 2.05) is 0 Å². The minimum Gasteiger partial charge on any atom is -0.405 e. The molecule has 0 aliphatic heterocycles. The molecule has 20 heavy (non-hydrogen) atoms. The smallest absolute Gasteiger partial charge is 0.405 e. The second-order valence-electron chi connectivity index (χ2n) is 3.97. The highest BCUT2D eigenvalue weighted by Crippen LogP contribution is 2.36. The Kier molecular flexibility index (Phi) is 3.94. The average Bonchev–Trinajstić information content (AvgIpc) is 2.37. The molecule has 0 heterocycles. The average molecular weight is 286 g/mol. The fraction of sp³-hybridized carbons (Fsp3) is 0.143. The summed E-state index contributed by atoms with van der Waals surface area (Å²) >= 11 is 0. The number of aliphatic hydroxyl groups excluding tert-OH is 1. The van der Waals surface area contributed by atoms with Crippen LogP contribution in [0.15, 0.2) is 42.5 Å². The Bertz CT molecular complexity index is 608. The number of hydrogen-bond donors (Lipinski definition) is 1. The molecule has 0 aromatic heterocycles. The van der Waals surface area contributed by atoms with Gasteiger partial charge in [0.25, 0.3) is 0 Å². The van der Waals surface area contributed by atoms with Gasteiger partial charge in [-0.25, -0.2) is 4.39 Å². The molecule has 0 aliphatic rings. The summed E-state index contributed by atoms with van der Waals surface area (Å²) < 4.78 is 54.6. The van der Waals surface area contributed by atoms with Crippen LogP contribution >= 0.6 is 0 Å². The topological polar surface area (TPSA) is 29.5 Å². The van der Waals surface area contributed by atoms with Crippen molar-refractivity contribution in [3.05, 3.63) is 53.8 Å². The normalized spacial score (nSPS) is 11.4. The van der Waals surface area contributed by atoms with E-state index in [2.05, 4.69) is 4.74 Å². The van der Waals surface area contributed by atoms with Gasteiger partial charge in [-0.3, -0.25) is 0 Å². The number of halogens is 4. The fourth-order valence-electron chi connectivity index (χ4n) is 1.87. The monoisotopic (exact) mass is 286 g/mol. The summed E-state index contributed by atoms with van der Waals surface area (Å²) in [7, 11) is 0. The number of aliphatic hydroxyl groups is 1. The van der Waals surface area contributed by atoms with Crippen LogP contribution in [-0.2, 0) is 6.61 Å². The third-order valence-electron chi connectivity index (χ3n) is 2.68. The van der Waals surface area contributed by atoms with Crippen LogP contribution in [0.4, 0.5) is 17.6 Å². The van der Waals surface area contributed by atoms with Crippen molar-refractivity contribution in [2.24, 2.45) is 0 Å². The van der Waals surface area contributed by atoms with Crippen LogP contribution in [-0.4, -0.2) is 11.5 Å². The van der Waals surface area contributed by atoms with Crippen LogP contribution in [0.3, 0.4) is 0 Å². The Morgan fingerprint density at radius 2 is 1.60 bits per heavy atom. The van der Waals surface area contributed by atoms with Crippen LogP contribution in [0.2, 0.25) is 0 Å². The summed E-state index contributed by atoms with van der Waals surface area (Å²) in [6.07, 6.45) is -4.84. The Morgan fingerprint density at radius 1 is 0.950 bits per heavy atom. The van der Waals surface area contributed by atoms with Crippen molar-refractivity contribution in [2.45, 2.75) is 13.0 Å². The van der Waals surface area contributed by atoms with Crippen molar-refractivity contribution in [3.63, 3.8) is 0 Å². The van der Waals surface area contributed by atoms with Crippen LogP contribution in [0.5, 0.6) is 5.75 Å². The predicted octanol–water partition coefficient (Wildman–Crippen LogP) is 3.88. The molecular weight excluding hydrogens is 276 g/mol. The number of alkyl halides is 3. The Labute approximate surface area is 112 Å². The first-order valence-corrected chi connectivity index (χ1v) is 5.66. The van der Waals surface area contributed by atoms with Crippen LogP contribution in [0.1, 0.15) is 5.56 Å². The van der Waals surface area contributed by atoms with Gasteiger partial charge in [0.15, 0.2) is 0 Å². The van der Waals surface area contributed by atoms with Crippen molar-refractivity contribution in [1.29, 1.82) is 0 Å². The summed E-state index contributed by atoms with van der Waals surface area (Å²) in [6, 6.07) is 9.29. The maximum atomic E-state index is 13.6. The molecule has 2 nitrogen and oxygen atoms in total. The van der Waals surface area contributed by atoms with Crippen LogP contribution in [0, 0.1) is 5.82 Å². The van der Waals surface area contributed by atoms with Gasteiger partial charge in [-0.1, -0.05) is 30.3 Å². The Hall–Kier alpha value is -2.08. The highest BCUT2D eigenvalue weighted by molar-refractivity contribution is 5.73. The van der Waals surface area contributed by atoms with Gasteiger partial charge in [-0.15, -0.1) is 13.2 Å². The minimum absolute atomic E-state index is 0.0633. The summed E-state index contributed by atoms with van der Waals surface area (Å²) in [6.45, 7) is -0.623. The molecule has 0 saturated carbocycles. The van der Waals surface area contributed by atoms with Gasteiger partial charge >= 0.3 is 6.36 Å². The molecular formula is C14H10F4O2. The first-order valence-electron chi connectivity index (χ1n) is 5.66. The maximum absolute atomic E-state index is 13.6. The van der Waals surface area contributed by atoms with Crippen molar-refractivity contribution < 1.29 is 27.4 Å². The molecule has 0 atom stereocenters. The van der Waals surface area contributed by atoms with E-state index in [4.69, 9.17) is 0 Å². The fourth-order valence-corrected chi connectivity index (χ4v) is 1.87. The van der Waals surface area contributed by atoms with Crippen LogP contribution in [0.25, 0.3) is 11.1 Å². The molecule has 6 heteroatoms. The second kappa shape index (κ2) is 5.50. The van der Waals surface area contributed by atoms with Gasteiger partial charge in [0.2, 0.25) is 0 Å². The number of para-hydroxylation sites is 1. The summed E-state index contributed by atoms with van der Waals surface area (Å²) in [5, 5.41) is 9.18. The van der Waals surface area contributed by atoms with Crippen molar-refractivity contribution in [1.82, 2.24) is 0 Å².